The normalized spacial score (nSPS) is 10.1. The van der Waals surface area contributed by atoms with Crippen LogP contribution in [0.2, 0.25) is 0 Å². The van der Waals surface area contributed by atoms with Crippen molar-refractivity contribution in [1.29, 1.82) is 0 Å². The lowest BCUT2D eigenvalue weighted by molar-refractivity contribution is -0.393. The number of nitro groups is 1. The molecule has 2 N–H and O–H groups in total. The molecule has 0 aliphatic carbocycles. The zero-order valence-corrected chi connectivity index (χ0v) is 7.97. The number of nitrogens with zero attached hydrogens (tertiary/aromatic N) is 2. The maximum absolute atomic E-state index is 10.3. The minimum absolute atomic E-state index is 0.121. The van der Waals surface area contributed by atoms with Crippen molar-refractivity contribution in [2.45, 2.75) is 25.7 Å². The molecule has 0 unspecified atom stereocenters. The van der Waals surface area contributed by atoms with Gasteiger partial charge in [0.25, 0.3) is 0 Å². The molecule has 0 radical (unpaired) electrons. The Labute approximate surface area is 85.3 Å². The van der Waals surface area contributed by atoms with Crippen molar-refractivity contribution in [3.05, 3.63) is 22.0 Å². The molecule has 0 saturated carbocycles. The summed E-state index contributed by atoms with van der Waals surface area (Å²) in [5, 5.41) is 18.6. The Kier molecular flexibility index (Phi) is 3.78. The van der Waals surface area contributed by atoms with Gasteiger partial charge in [-0.2, -0.15) is 0 Å². The van der Waals surface area contributed by atoms with Crippen LogP contribution in [0.1, 0.15) is 25.0 Å². The Balaban J connectivity index is 2.31. The number of hydrogen-bond donors (Lipinski definition) is 2. The summed E-state index contributed by atoms with van der Waals surface area (Å²) in [4.78, 5) is 26.0. The molecule has 7 heteroatoms. The Bertz CT molecular complexity index is 361. The predicted octanol–water partition coefficient (Wildman–Crippen LogP) is 1.12. The maximum atomic E-state index is 10.3. The summed E-state index contributed by atoms with van der Waals surface area (Å²) in [6.07, 6.45) is 3.33. The van der Waals surface area contributed by atoms with Crippen LogP contribution in [0.4, 0.5) is 5.95 Å². The third kappa shape index (κ3) is 3.75. The first-order valence-corrected chi connectivity index (χ1v) is 4.49. The van der Waals surface area contributed by atoms with Crippen LogP contribution in [-0.2, 0) is 11.2 Å². The number of nitrogens with one attached hydrogen (secondary N) is 1. The third-order valence-electron chi connectivity index (χ3n) is 1.87. The van der Waals surface area contributed by atoms with Gasteiger partial charge in [0, 0.05) is 12.8 Å². The molecule has 0 aliphatic heterocycles. The van der Waals surface area contributed by atoms with Crippen LogP contribution in [-0.4, -0.2) is 26.0 Å². The number of rotatable bonds is 6. The average molecular weight is 213 g/mol. The van der Waals surface area contributed by atoms with E-state index in [0.29, 0.717) is 25.0 Å². The van der Waals surface area contributed by atoms with Gasteiger partial charge >= 0.3 is 11.9 Å². The van der Waals surface area contributed by atoms with E-state index in [9.17, 15) is 14.9 Å². The number of aliphatic carboxylic acids is 1. The molecule has 0 saturated heterocycles. The monoisotopic (exact) mass is 213 g/mol. The largest absolute Gasteiger partial charge is 0.481 e. The summed E-state index contributed by atoms with van der Waals surface area (Å²) in [5.41, 5.74) is 0.659. The Morgan fingerprint density at radius 1 is 1.60 bits per heavy atom. The van der Waals surface area contributed by atoms with Crippen LogP contribution in [0.3, 0.4) is 0 Å². The molecule has 1 aromatic heterocycles. The van der Waals surface area contributed by atoms with Crippen LogP contribution in [0.25, 0.3) is 0 Å². The molecule has 0 aromatic carbocycles. The van der Waals surface area contributed by atoms with Crippen molar-refractivity contribution in [3.63, 3.8) is 0 Å². The minimum atomic E-state index is -0.828. The van der Waals surface area contributed by atoms with E-state index in [1.54, 1.807) is 0 Å². The van der Waals surface area contributed by atoms with Crippen LogP contribution in [0.5, 0.6) is 0 Å². The van der Waals surface area contributed by atoms with Gasteiger partial charge in [-0.1, -0.05) is 4.98 Å². The van der Waals surface area contributed by atoms with E-state index < -0.39 is 10.9 Å². The highest BCUT2D eigenvalue weighted by Crippen LogP contribution is 2.08. The predicted molar refractivity (Wildman–Crippen MR) is 50.4 cm³/mol. The standard InChI is InChI=1S/C8H11N3O4/c12-7(13)4-2-1-3-6-5-9-8(10-6)11(14)15/h5H,1-4H2,(H,9,10)(H,12,13). The first kappa shape index (κ1) is 11.2. The molecule has 0 fully saturated rings. The third-order valence-corrected chi connectivity index (χ3v) is 1.87. The van der Waals surface area contributed by atoms with Crippen LogP contribution >= 0.6 is 0 Å². The number of unbranched alkanes of at least 4 members (excludes halogenated alkanes) is 1. The fourth-order valence-electron chi connectivity index (χ4n) is 1.16. The molecule has 1 rings (SSSR count). The first-order chi connectivity index (χ1) is 7.09. The Hall–Kier alpha value is -1.92. The highest BCUT2D eigenvalue weighted by Gasteiger charge is 2.10. The Morgan fingerprint density at radius 2 is 2.33 bits per heavy atom. The summed E-state index contributed by atoms with van der Waals surface area (Å²) in [7, 11) is 0. The van der Waals surface area contributed by atoms with Crippen molar-refractivity contribution < 1.29 is 14.8 Å². The van der Waals surface area contributed by atoms with Gasteiger partial charge in [0.2, 0.25) is 0 Å². The van der Waals surface area contributed by atoms with Crippen LogP contribution < -0.4 is 0 Å². The van der Waals surface area contributed by atoms with Gasteiger partial charge < -0.3 is 15.2 Å². The zero-order valence-electron chi connectivity index (χ0n) is 7.97. The number of imidazole rings is 1. The second-order valence-corrected chi connectivity index (χ2v) is 3.09. The topological polar surface area (TPSA) is 109 Å². The average Bonchev–Trinajstić information content (AvgIpc) is 2.60. The molecule has 82 valence electrons. The van der Waals surface area contributed by atoms with Crippen molar-refractivity contribution in [3.8, 4) is 0 Å². The van der Waals surface area contributed by atoms with Gasteiger partial charge in [0.1, 0.15) is 11.9 Å². The first-order valence-electron chi connectivity index (χ1n) is 4.49. The lowest BCUT2D eigenvalue weighted by Crippen LogP contribution is -1.95. The second kappa shape index (κ2) is 5.08. The molecule has 0 amide bonds. The minimum Gasteiger partial charge on any atom is -0.481 e. The molecule has 1 aromatic rings. The van der Waals surface area contributed by atoms with Crippen LogP contribution in [0, 0.1) is 10.1 Å². The number of carboxylic acids is 1. The van der Waals surface area contributed by atoms with E-state index in [1.807, 2.05) is 0 Å². The van der Waals surface area contributed by atoms with Crippen molar-refractivity contribution in [2.24, 2.45) is 0 Å². The van der Waals surface area contributed by atoms with Crippen molar-refractivity contribution in [1.82, 2.24) is 9.97 Å². The van der Waals surface area contributed by atoms with Gasteiger partial charge in [-0.3, -0.25) is 4.79 Å². The summed E-state index contributed by atoms with van der Waals surface area (Å²) >= 11 is 0. The number of carboxylic acid groups (broad SMARTS) is 1. The smallest absolute Gasteiger partial charge is 0.432 e. The van der Waals surface area contributed by atoms with Crippen molar-refractivity contribution >= 4 is 11.9 Å². The molecule has 0 aliphatic rings. The fraction of sp³-hybridized carbons (Fsp3) is 0.500. The Morgan fingerprint density at radius 3 is 2.87 bits per heavy atom. The highest BCUT2D eigenvalue weighted by molar-refractivity contribution is 5.66. The van der Waals surface area contributed by atoms with Crippen LogP contribution in [0.15, 0.2) is 6.20 Å². The van der Waals surface area contributed by atoms with Crippen molar-refractivity contribution in [2.75, 3.05) is 0 Å². The van der Waals surface area contributed by atoms with Gasteiger partial charge in [-0.25, -0.2) is 4.98 Å². The number of aromatic amines is 1. The maximum Gasteiger partial charge on any atom is 0.432 e. The van der Waals surface area contributed by atoms with Gasteiger partial charge in [-0.05, 0) is 17.8 Å². The lowest BCUT2D eigenvalue weighted by atomic mass is 10.1. The molecule has 0 spiro atoms. The molecule has 15 heavy (non-hydrogen) atoms. The van der Waals surface area contributed by atoms with E-state index in [2.05, 4.69) is 9.97 Å². The highest BCUT2D eigenvalue weighted by atomic mass is 16.6. The van der Waals surface area contributed by atoms with E-state index >= 15 is 0 Å². The summed E-state index contributed by atoms with van der Waals surface area (Å²) in [6, 6.07) is 0. The number of aryl methyl sites for hydroxylation is 1. The number of carbonyl (C=O) groups is 1. The summed E-state index contributed by atoms with van der Waals surface area (Å²) in [5.74, 6) is -1.10. The number of aromatic nitrogens is 2. The SMILES string of the molecule is O=C(O)CCCCc1cnc([N+](=O)[O-])[nH]1. The van der Waals surface area contributed by atoms with Gasteiger partial charge in [-0.15, -0.1) is 0 Å². The second-order valence-electron chi connectivity index (χ2n) is 3.09. The molecule has 0 bridgehead atoms. The molecule has 1 heterocycles. The molecule has 0 atom stereocenters. The van der Waals surface area contributed by atoms with E-state index in [-0.39, 0.29) is 12.4 Å². The number of H-pyrrole nitrogens is 1. The number of hydrogen-bond acceptors (Lipinski definition) is 4. The van der Waals surface area contributed by atoms with E-state index in [4.69, 9.17) is 5.11 Å². The zero-order chi connectivity index (χ0) is 11.3. The lowest BCUT2D eigenvalue weighted by Gasteiger charge is -1.93. The van der Waals surface area contributed by atoms with Gasteiger partial charge in [0.15, 0.2) is 0 Å². The summed E-state index contributed by atoms with van der Waals surface area (Å²) < 4.78 is 0. The molecule has 7 nitrogen and oxygen atoms in total. The fourth-order valence-corrected chi connectivity index (χ4v) is 1.16. The van der Waals surface area contributed by atoms with E-state index in [0.717, 1.165) is 0 Å². The quantitative estimate of drug-likeness (QED) is 0.418. The molecular formula is C8H11N3O4. The van der Waals surface area contributed by atoms with Gasteiger partial charge in [0.05, 0.1) is 0 Å². The van der Waals surface area contributed by atoms with E-state index in [1.165, 1.54) is 6.20 Å². The molecular weight excluding hydrogens is 202 g/mol. The summed E-state index contributed by atoms with van der Waals surface area (Å²) in [6.45, 7) is 0.